The lowest BCUT2D eigenvalue weighted by molar-refractivity contribution is -0.122. The van der Waals surface area contributed by atoms with Gasteiger partial charge in [0, 0.05) is 41.2 Å². The molecule has 0 unspecified atom stereocenters. The summed E-state index contributed by atoms with van der Waals surface area (Å²) >= 11 is 0. The number of fused-ring (bicyclic) bond motifs is 1. The Kier molecular flexibility index (Phi) is 6.47. The normalized spacial score (nSPS) is 14.6. The van der Waals surface area contributed by atoms with Gasteiger partial charge >= 0.3 is 0 Å². The predicted octanol–water partition coefficient (Wildman–Crippen LogP) is 3.92. The van der Waals surface area contributed by atoms with Gasteiger partial charge in [-0.05, 0) is 37.1 Å². The molecular weight excluding hydrogens is 390 g/mol. The topological polar surface area (TPSA) is 66.6 Å². The smallest absolute Gasteiger partial charge is 0.234 e. The van der Waals surface area contributed by atoms with Gasteiger partial charge in [0.15, 0.2) is 11.5 Å². The van der Waals surface area contributed by atoms with Gasteiger partial charge in [-0.25, -0.2) is 0 Å². The van der Waals surface area contributed by atoms with Crippen LogP contribution in [0.3, 0.4) is 0 Å². The molecule has 164 valence electrons. The Bertz CT molecular complexity index is 1040. The summed E-state index contributed by atoms with van der Waals surface area (Å²) in [6.07, 6.45) is 4.42. The zero-order chi connectivity index (χ0) is 21.8. The molecule has 0 bridgehead atoms. The van der Waals surface area contributed by atoms with E-state index in [4.69, 9.17) is 9.47 Å². The van der Waals surface area contributed by atoms with Crippen molar-refractivity contribution in [2.75, 3.05) is 33.9 Å². The third-order valence-electron chi connectivity index (χ3n) is 6.12. The molecule has 1 aliphatic carbocycles. The molecule has 2 N–H and O–H groups in total. The maximum atomic E-state index is 12.8. The number of hydrogen-bond donors (Lipinski definition) is 2. The number of hydrogen-bond acceptors (Lipinski definition) is 4. The van der Waals surface area contributed by atoms with Crippen LogP contribution in [-0.2, 0) is 4.79 Å². The molecule has 1 fully saturated rings. The van der Waals surface area contributed by atoms with Crippen molar-refractivity contribution in [2.45, 2.75) is 31.7 Å². The van der Waals surface area contributed by atoms with E-state index >= 15 is 0 Å². The van der Waals surface area contributed by atoms with Crippen molar-refractivity contribution >= 4 is 16.8 Å². The molecule has 6 nitrogen and oxygen atoms in total. The van der Waals surface area contributed by atoms with E-state index < -0.39 is 0 Å². The summed E-state index contributed by atoms with van der Waals surface area (Å²) in [4.78, 5) is 18.4. The summed E-state index contributed by atoms with van der Waals surface area (Å²) in [5, 5.41) is 4.32. The number of H-pyrrole nitrogens is 1. The first-order valence-electron chi connectivity index (χ1n) is 10.9. The lowest BCUT2D eigenvalue weighted by Crippen LogP contribution is -2.39. The van der Waals surface area contributed by atoms with Gasteiger partial charge in [-0.3, -0.25) is 9.69 Å². The summed E-state index contributed by atoms with van der Waals surface area (Å²) in [6.45, 7) is 3.93. The minimum Gasteiger partial charge on any atom is -0.493 e. The molecule has 0 radical (unpaired) electrons. The van der Waals surface area contributed by atoms with Crippen LogP contribution in [0.4, 0.5) is 0 Å². The van der Waals surface area contributed by atoms with Gasteiger partial charge in [0.1, 0.15) is 0 Å². The molecule has 3 aromatic rings. The number of likely N-dealkylation sites (N-methyl/N-ethyl adjacent to an activating group) is 1. The number of carbonyl (C=O) groups is 1. The first kappa shape index (κ1) is 21.2. The summed E-state index contributed by atoms with van der Waals surface area (Å²) in [5.41, 5.74) is 3.18. The maximum Gasteiger partial charge on any atom is 0.234 e. The highest BCUT2D eigenvalue weighted by molar-refractivity contribution is 5.85. The zero-order valence-electron chi connectivity index (χ0n) is 18.5. The standard InChI is InChI=1S/C25H31N3O3/c1-4-28(17-12-13-17)16-24(29)27-15-21(19-9-7-11-23(30-2)25(19)31-3)20-14-26-22-10-6-5-8-18(20)22/h5-11,14,17,21,26H,4,12-13,15-16H2,1-3H3,(H,27,29)/t21-/m0/s1. The lowest BCUT2D eigenvalue weighted by Gasteiger charge is -2.23. The zero-order valence-corrected chi connectivity index (χ0v) is 18.5. The fourth-order valence-corrected chi connectivity index (χ4v) is 4.35. The second-order valence-electron chi connectivity index (χ2n) is 8.02. The van der Waals surface area contributed by atoms with E-state index in [1.54, 1.807) is 14.2 Å². The number of para-hydroxylation sites is 2. The highest BCUT2D eigenvalue weighted by Gasteiger charge is 2.29. The largest absolute Gasteiger partial charge is 0.493 e. The van der Waals surface area contributed by atoms with E-state index in [2.05, 4.69) is 34.3 Å². The maximum absolute atomic E-state index is 12.8. The molecular formula is C25H31N3O3. The Balaban J connectivity index is 1.64. The molecule has 6 heteroatoms. The number of benzene rings is 2. The average molecular weight is 422 g/mol. The van der Waals surface area contributed by atoms with E-state index in [9.17, 15) is 4.79 Å². The highest BCUT2D eigenvalue weighted by atomic mass is 16.5. The van der Waals surface area contributed by atoms with Crippen molar-refractivity contribution in [2.24, 2.45) is 0 Å². The number of aromatic nitrogens is 1. The second kappa shape index (κ2) is 9.43. The SMILES string of the molecule is CCN(CC(=O)NC[C@@H](c1cccc(OC)c1OC)c1c[nH]c2ccccc12)C1CC1. The fraction of sp³-hybridized carbons (Fsp3) is 0.400. The number of carbonyl (C=O) groups excluding carboxylic acids is 1. The van der Waals surface area contributed by atoms with Crippen molar-refractivity contribution in [3.05, 3.63) is 59.8 Å². The van der Waals surface area contributed by atoms with E-state index in [1.807, 2.05) is 36.5 Å². The Labute approximate surface area is 183 Å². The van der Waals surface area contributed by atoms with Crippen molar-refractivity contribution in [3.8, 4) is 11.5 Å². The van der Waals surface area contributed by atoms with E-state index in [-0.39, 0.29) is 11.8 Å². The Morgan fingerprint density at radius 2 is 1.94 bits per heavy atom. The minimum atomic E-state index is -0.0823. The molecule has 1 saturated carbocycles. The van der Waals surface area contributed by atoms with Crippen LogP contribution in [-0.4, -0.2) is 55.7 Å². The number of nitrogens with one attached hydrogen (secondary N) is 2. The number of methoxy groups -OCH3 is 2. The quantitative estimate of drug-likeness (QED) is 0.521. The van der Waals surface area contributed by atoms with Gasteiger partial charge in [0.2, 0.25) is 5.91 Å². The van der Waals surface area contributed by atoms with Crippen molar-refractivity contribution in [1.29, 1.82) is 0 Å². The van der Waals surface area contributed by atoms with Crippen LogP contribution < -0.4 is 14.8 Å². The third kappa shape index (κ3) is 4.54. The fourth-order valence-electron chi connectivity index (χ4n) is 4.35. The number of nitrogens with zero attached hydrogens (tertiary/aromatic N) is 1. The Hall–Kier alpha value is -2.99. The number of amides is 1. The van der Waals surface area contributed by atoms with E-state index in [0.717, 1.165) is 28.6 Å². The molecule has 0 spiro atoms. The molecule has 0 saturated heterocycles. The van der Waals surface area contributed by atoms with Crippen LogP contribution >= 0.6 is 0 Å². The van der Waals surface area contributed by atoms with Crippen LogP contribution in [0, 0.1) is 0 Å². The van der Waals surface area contributed by atoms with E-state index in [0.29, 0.717) is 30.6 Å². The molecule has 1 heterocycles. The molecule has 0 aliphatic heterocycles. The van der Waals surface area contributed by atoms with Gasteiger partial charge in [-0.1, -0.05) is 37.3 Å². The van der Waals surface area contributed by atoms with Crippen LogP contribution in [0.25, 0.3) is 10.9 Å². The van der Waals surface area contributed by atoms with Gasteiger partial charge in [0.05, 0.1) is 20.8 Å². The minimum absolute atomic E-state index is 0.0560. The predicted molar refractivity (Wildman–Crippen MR) is 123 cm³/mol. The summed E-state index contributed by atoms with van der Waals surface area (Å²) in [6, 6.07) is 14.7. The Morgan fingerprint density at radius 1 is 1.13 bits per heavy atom. The second-order valence-corrected chi connectivity index (χ2v) is 8.02. The monoisotopic (exact) mass is 421 g/mol. The van der Waals surface area contributed by atoms with Gasteiger partial charge in [-0.2, -0.15) is 0 Å². The van der Waals surface area contributed by atoms with Gasteiger partial charge < -0.3 is 19.8 Å². The van der Waals surface area contributed by atoms with Crippen molar-refractivity contribution < 1.29 is 14.3 Å². The molecule has 31 heavy (non-hydrogen) atoms. The first-order chi connectivity index (χ1) is 15.2. The number of ether oxygens (including phenoxy) is 2. The van der Waals surface area contributed by atoms with Crippen molar-refractivity contribution in [1.82, 2.24) is 15.2 Å². The number of rotatable bonds is 10. The molecule has 1 aromatic heterocycles. The summed E-state index contributed by atoms with van der Waals surface area (Å²) < 4.78 is 11.3. The van der Waals surface area contributed by atoms with Gasteiger partial charge in [0.25, 0.3) is 0 Å². The van der Waals surface area contributed by atoms with E-state index in [1.165, 1.54) is 12.8 Å². The van der Waals surface area contributed by atoms with Crippen LogP contribution in [0.2, 0.25) is 0 Å². The molecule has 1 aliphatic rings. The lowest BCUT2D eigenvalue weighted by atomic mass is 9.90. The van der Waals surface area contributed by atoms with Crippen LogP contribution in [0.15, 0.2) is 48.7 Å². The van der Waals surface area contributed by atoms with Gasteiger partial charge in [-0.15, -0.1) is 0 Å². The molecule has 2 aromatic carbocycles. The molecule has 4 rings (SSSR count). The first-order valence-corrected chi connectivity index (χ1v) is 10.9. The third-order valence-corrected chi connectivity index (χ3v) is 6.12. The molecule has 1 amide bonds. The van der Waals surface area contributed by atoms with Crippen molar-refractivity contribution in [3.63, 3.8) is 0 Å². The average Bonchev–Trinajstić information content (AvgIpc) is 3.57. The van der Waals surface area contributed by atoms with Crippen LogP contribution in [0.5, 0.6) is 11.5 Å². The summed E-state index contributed by atoms with van der Waals surface area (Å²) in [5.74, 6) is 1.35. The van der Waals surface area contributed by atoms with Crippen LogP contribution in [0.1, 0.15) is 36.8 Å². The number of aromatic amines is 1. The highest BCUT2D eigenvalue weighted by Crippen LogP contribution is 2.40. The Morgan fingerprint density at radius 3 is 2.65 bits per heavy atom. The summed E-state index contributed by atoms with van der Waals surface area (Å²) in [7, 11) is 3.29. The molecule has 1 atom stereocenters.